The van der Waals surface area contributed by atoms with Crippen molar-refractivity contribution in [2.75, 3.05) is 0 Å². The lowest BCUT2D eigenvalue weighted by Gasteiger charge is -2.10. The molecule has 24 heavy (non-hydrogen) atoms. The number of carbonyl (C=O) groups is 1. The largest absolute Gasteiger partial charge is 0.477 e. The van der Waals surface area contributed by atoms with Gasteiger partial charge in [-0.15, -0.1) is 0 Å². The Morgan fingerprint density at radius 2 is 1.96 bits per heavy atom. The van der Waals surface area contributed by atoms with Crippen molar-refractivity contribution in [2.45, 2.75) is 33.0 Å². The van der Waals surface area contributed by atoms with Crippen molar-refractivity contribution in [1.82, 2.24) is 14.5 Å². The highest BCUT2D eigenvalue weighted by molar-refractivity contribution is 5.88. The van der Waals surface area contributed by atoms with Gasteiger partial charge in [-0.05, 0) is 31.5 Å². The molecular weight excluding hydrogens is 327 g/mol. The van der Waals surface area contributed by atoms with Gasteiger partial charge in [0.15, 0.2) is 0 Å². The Morgan fingerprint density at radius 3 is 2.54 bits per heavy atom. The average Bonchev–Trinajstić information content (AvgIpc) is 2.44. The summed E-state index contributed by atoms with van der Waals surface area (Å²) in [5, 5.41) is 9.06. The monoisotopic (exact) mass is 341 g/mol. The Labute approximate surface area is 134 Å². The minimum absolute atomic E-state index is 0.0276. The first-order chi connectivity index (χ1) is 11.1. The van der Waals surface area contributed by atoms with E-state index in [1.165, 1.54) is 26.1 Å². The topological polar surface area (TPSA) is 85.1 Å². The summed E-state index contributed by atoms with van der Waals surface area (Å²) in [7, 11) is 0. The van der Waals surface area contributed by atoms with E-state index in [1.54, 1.807) is 0 Å². The van der Waals surface area contributed by atoms with Crippen LogP contribution in [0.5, 0.6) is 0 Å². The van der Waals surface area contributed by atoms with E-state index < -0.39 is 23.4 Å². The first-order valence-electron chi connectivity index (χ1n) is 6.94. The maximum Gasteiger partial charge on any atom is 0.433 e. The zero-order chi connectivity index (χ0) is 18.1. The van der Waals surface area contributed by atoms with Crippen molar-refractivity contribution < 1.29 is 23.1 Å². The molecule has 0 bridgehead atoms. The van der Waals surface area contributed by atoms with Crippen molar-refractivity contribution in [2.24, 2.45) is 0 Å². The summed E-state index contributed by atoms with van der Waals surface area (Å²) in [6, 6.07) is 2.30. The number of halogens is 3. The Bertz CT molecular complexity index is 844. The molecule has 0 aliphatic heterocycles. The van der Waals surface area contributed by atoms with Gasteiger partial charge >= 0.3 is 12.1 Å². The van der Waals surface area contributed by atoms with Gasteiger partial charge in [-0.1, -0.05) is 0 Å². The van der Waals surface area contributed by atoms with Crippen LogP contribution in [0.4, 0.5) is 13.2 Å². The molecule has 0 aromatic carbocycles. The summed E-state index contributed by atoms with van der Waals surface area (Å²) in [6.45, 7) is 2.88. The molecule has 0 saturated carbocycles. The number of aryl methyl sites for hydroxylation is 4. The molecule has 0 atom stereocenters. The van der Waals surface area contributed by atoms with Crippen LogP contribution in [0.15, 0.2) is 23.1 Å². The third-order valence-electron chi connectivity index (χ3n) is 3.35. The van der Waals surface area contributed by atoms with Crippen LogP contribution in [-0.2, 0) is 19.1 Å². The molecule has 0 aliphatic carbocycles. The predicted octanol–water partition coefficient (Wildman–Crippen LogP) is 2.21. The Hall–Kier alpha value is -2.71. The van der Waals surface area contributed by atoms with Crippen LogP contribution in [0.1, 0.15) is 33.1 Å². The maximum atomic E-state index is 12.8. The molecule has 9 heteroatoms. The summed E-state index contributed by atoms with van der Waals surface area (Å²) in [5.41, 5.74) is -1.65. The number of aromatic nitrogens is 3. The summed E-state index contributed by atoms with van der Waals surface area (Å²) in [5.74, 6) is -1.41. The van der Waals surface area contributed by atoms with Gasteiger partial charge in [0.2, 0.25) is 0 Å². The number of hydrogen-bond acceptors (Lipinski definition) is 4. The fourth-order valence-electron chi connectivity index (χ4n) is 2.21. The molecular formula is C15H14F3N3O3. The Morgan fingerprint density at radius 1 is 1.29 bits per heavy atom. The molecule has 0 spiro atoms. The summed E-state index contributed by atoms with van der Waals surface area (Å²) in [4.78, 5) is 30.6. The predicted molar refractivity (Wildman–Crippen MR) is 77.9 cm³/mol. The van der Waals surface area contributed by atoms with E-state index in [1.807, 2.05) is 0 Å². The van der Waals surface area contributed by atoms with Crippen molar-refractivity contribution in [3.63, 3.8) is 0 Å². The van der Waals surface area contributed by atoms with Crippen LogP contribution in [0.25, 0.3) is 0 Å². The first-order valence-corrected chi connectivity index (χ1v) is 6.94. The zero-order valence-electron chi connectivity index (χ0n) is 12.9. The lowest BCUT2D eigenvalue weighted by molar-refractivity contribution is -0.141. The van der Waals surface area contributed by atoms with Gasteiger partial charge in [-0.25, -0.2) is 14.8 Å². The van der Waals surface area contributed by atoms with Gasteiger partial charge in [0, 0.05) is 24.9 Å². The molecule has 2 heterocycles. The van der Waals surface area contributed by atoms with Crippen molar-refractivity contribution in [1.29, 1.82) is 0 Å². The molecule has 0 unspecified atom stereocenters. The van der Waals surface area contributed by atoms with E-state index in [9.17, 15) is 22.8 Å². The summed E-state index contributed by atoms with van der Waals surface area (Å²) >= 11 is 0. The lowest BCUT2D eigenvalue weighted by Crippen LogP contribution is -2.28. The zero-order valence-corrected chi connectivity index (χ0v) is 12.9. The highest BCUT2D eigenvalue weighted by Gasteiger charge is 2.33. The summed E-state index contributed by atoms with van der Waals surface area (Å²) in [6.07, 6.45) is -3.23. The standard InChI is InChI=1S/C15H14F3N3O3/c1-8-3-5-21(13(22)12(8)14(23)24)6-4-11-19-9(2)7-10(20-11)15(16,17)18/h3,5,7H,4,6H2,1-2H3,(H,23,24). The number of pyridine rings is 1. The normalized spacial score (nSPS) is 11.5. The molecule has 128 valence electrons. The first kappa shape index (κ1) is 17.6. The maximum absolute atomic E-state index is 12.8. The van der Waals surface area contributed by atoms with Crippen LogP contribution < -0.4 is 5.56 Å². The van der Waals surface area contributed by atoms with Crippen LogP contribution in [0.3, 0.4) is 0 Å². The smallest absolute Gasteiger partial charge is 0.433 e. The van der Waals surface area contributed by atoms with Crippen LogP contribution in [-0.4, -0.2) is 25.6 Å². The van der Waals surface area contributed by atoms with Crippen molar-refractivity contribution in [3.8, 4) is 0 Å². The molecule has 6 nitrogen and oxygen atoms in total. The third kappa shape index (κ3) is 3.79. The number of hydrogen-bond donors (Lipinski definition) is 1. The van der Waals surface area contributed by atoms with Crippen molar-refractivity contribution in [3.05, 3.63) is 57.0 Å². The van der Waals surface area contributed by atoms with E-state index >= 15 is 0 Å². The quantitative estimate of drug-likeness (QED) is 0.922. The average molecular weight is 341 g/mol. The second kappa shape index (κ2) is 6.42. The fourth-order valence-corrected chi connectivity index (χ4v) is 2.21. The fraction of sp³-hybridized carbons (Fsp3) is 0.333. The number of carboxylic acid groups (broad SMARTS) is 1. The highest BCUT2D eigenvalue weighted by atomic mass is 19.4. The molecule has 0 radical (unpaired) electrons. The van der Waals surface area contributed by atoms with Crippen molar-refractivity contribution >= 4 is 5.97 Å². The molecule has 0 fully saturated rings. The molecule has 0 amide bonds. The second-order valence-corrected chi connectivity index (χ2v) is 5.24. The third-order valence-corrected chi connectivity index (χ3v) is 3.35. The molecule has 2 aromatic heterocycles. The Kier molecular flexibility index (Phi) is 4.72. The van der Waals surface area contributed by atoms with Gasteiger partial charge in [-0.2, -0.15) is 13.2 Å². The number of aromatic carboxylic acids is 1. The molecule has 2 rings (SSSR count). The molecule has 0 saturated heterocycles. The second-order valence-electron chi connectivity index (χ2n) is 5.24. The molecule has 0 aliphatic rings. The molecule has 1 N–H and O–H groups in total. The Balaban J connectivity index is 2.30. The molecule has 2 aromatic rings. The van der Waals surface area contributed by atoms with E-state index in [0.29, 0.717) is 5.56 Å². The SMILES string of the molecule is Cc1cc(C(F)(F)F)nc(CCn2ccc(C)c(C(=O)O)c2=O)n1. The number of nitrogens with zero attached hydrogens (tertiary/aromatic N) is 3. The number of alkyl halides is 3. The van der Waals surface area contributed by atoms with Crippen LogP contribution in [0, 0.1) is 13.8 Å². The van der Waals surface area contributed by atoms with Gasteiger partial charge in [-0.3, -0.25) is 4.79 Å². The van der Waals surface area contributed by atoms with Crippen LogP contribution >= 0.6 is 0 Å². The minimum atomic E-state index is -4.58. The lowest BCUT2D eigenvalue weighted by atomic mass is 10.1. The highest BCUT2D eigenvalue weighted by Crippen LogP contribution is 2.27. The van der Waals surface area contributed by atoms with Gasteiger partial charge in [0.1, 0.15) is 17.1 Å². The van der Waals surface area contributed by atoms with Gasteiger partial charge in [0.05, 0.1) is 0 Å². The summed E-state index contributed by atoms with van der Waals surface area (Å²) < 4.78 is 39.4. The van der Waals surface area contributed by atoms with E-state index in [-0.39, 0.29) is 30.0 Å². The number of rotatable bonds is 4. The minimum Gasteiger partial charge on any atom is -0.477 e. The van der Waals surface area contributed by atoms with Gasteiger partial charge in [0.25, 0.3) is 5.56 Å². The van der Waals surface area contributed by atoms with E-state index in [2.05, 4.69) is 9.97 Å². The van der Waals surface area contributed by atoms with E-state index in [0.717, 1.165) is 10.6 Å². The van der Waals surface area contributed by atoms with Crippen LogP contribution in [0.2, 0.25) is 0 Å². The number of carboxylic acids is 1. The van der Waals surface area contributed by atoms with Gasteiger partial charge < -0.3 is 9.67 Å². The van der Waals surface area contributed by atoms with E-state index in [4.69, 9.17) is 5.11 Å².